The van der Waals surface area contributed by atoms with Crippen LogP contribution in [0.2, 0.25) is 0 Å². The Morgan fingerprint density at radius 1 is 1.17 bits per heavy atom. The van der Waals surface area contributed by atoms with Gasteiger partial charge in [0.15, 0.2) is 0 Å². The Balaban J connectivity index is 1.60. The Morgan fingerprint density at radius 2 is 1.86 bits per heavy atom. The van der Waals surface area contributed by atoms with E-state index in [2.05, 4.69) is 20.7 Å². The van der Waals surface area contributed by atoms with Gasteiger partial charge >= 0.3 is 5.97 Å². The van der Waals surface area contributed by atoms with E-state index in [0.717, 1.165) is 21.3 Å². The lowest BCUT2D eigenvalue weighted by Crippen LogP contribution is -2.30. The molecule has 1 saturated heterocycles. The summed E-state index contributed by atoms with van der Waals surface area (Å²) in [4.78, 5) is 25.8. The predicted octanol–water partition coefficient (Wildman–Crippen LogP) is 4.79. The number of amides is 1. The molecule has 0 radical (unpaired) electrons. The monoisotopic (exact) mass is 491 g/mol. The summed E-state index contributed by atoms with van der Waals surface area (Å²) in [6.07, 6.45) is 1.90. The zero-order valence-corrected chi connectivity index (χ0v) is 18.8. The smallest absolute Gasteiger partial charge is 0.307 e. The standard InChI is InChI=1S/C21H18BrNO4S2/c1-26-19(24)10-11-23-20(25)18(29-21(23)28)12-14-4-8-17(9-5-14)27-13-15-2-6-16(22)7-3-15/h2-9,12H,10-11,13H2,1H3/b18-12+. The van der Waals surface area contributed by atoms with E-state index < -0.39 is 0 Å². The summed E-state index contributed by atoms with van der Waals surface area (Å²) in [7, 11) is 1.32. The normalized spacial score (nSPS) is 15.1. The Hall–Kier alpha value is -2.16. The van der Waals surface area contributed by atoms with Gasteiger partial charge < -0.3 is 9.47 Å². The zero-order chi connectivity index (χ0) is 20.8. The molecule has 29 heavy (non-hydrogen) atoms. The maximum atomic E-state index is 12.5. The van der Waals surface area contributed by atoms with Crippen molar-refractivity contribution in [3.8, 4) is 5.75 Å². The van der Waals surface area contributed by atoms with Crippen molar-refractivity contribution in [2.24, 2.45) is 0 Å². The number of esters is 1. The minimum Gasteiger partial charge on any atom is -0.489 e. The first-order chi connectivity index (χ1) is 14.0. The molecule has 150 valence electrons. The number of carbonyl (C=O) groups is 2. The van der Waals surface area contributed by atoms with Crippen LogP contribution in [0.5, 0.6) is 5.75 Å². The first-order valence-corrected chi connectivity index (χ1v) is 10.8. The van der Waals surface area contributed by atoms with E-state index in [-0.39, 0.29) is 24.8 Å². The van der Waals surface area contributed by atoms with Crippen molar-refractivity contribution in [2.75, 3.05) is 13.7 Å². The Bertz CT molecular complexity index is 942. The van der Waals surface area contributed by atoms with Crippen LogP contribution in [0.4, 0.5) is 0 Å². The van der Waals surface area contributed by atoms with Gasteiger partial charge in [0.25, 0.3) is 5.91 Å². The molecule has 0 aromatic heterocycles. The van der Waals surface area contributed by atoms with Crippen molar-refractivity contribution in [3.63, 3.8) is 0 Å². The highest BCUT2D eigenvalue weighted by Gasteiger charge is 2.32. The molecule has 8 heteroatoms. The Labute approximate surface area is 187 Å². The summed E-state index contributed by atoms with van der Waals surface area (Å²) in [6, 6.07) is 15.5. The second kappa shape index (κ2) is 10.0. The molecule has 3 rings (SSSR count). The van der Waals surface area contributed by atoms with Gasteiger partial charge in [-0.25, -0.2) is 0 Å². The summed E-state index contributed by atoms with van der Waals surface area (Å²) in [5.74, 6) is 0.178. The molecule has 1 heterocycles. The van der Waals surface area contributed by atoms with E-state index in [9.17, 15) is 9.59 Å². The van der Waals surface area contributed by atoms with Gasteiger partial charge in [-0.2, -0.15) is 0 Å². The maximum absolute atomic E-state index is 12.5. The third-order valence-electron chi connectivity index (χ3n) is 4.14. The number of carbonyl (C=O) groups excluding carboxylic acids is 2. The fourth-order valence-electron chi connectivity index (χ4n) is 2.56. The molecule has 2 aromatic rings. The van der Waals surface area contributed by atoms with Crippen LogP contribution in [-0.4, -0.2) is 34.8 Å². The molecule has 0 atom stereocenters. The second-order valence-electron chi connectivity index (χ2n) is 6.14. The highest BCUT2D eigenvalue weighted by Crippen LogP contribution is 2.32. The molecule has 0 saturated carbocycles. The second-order valence-corrected chi connectivity index (χ2v) is 8.74. The SMILES string of the molecule is COC(=O)CCN1C(=O)/C(=C\c2ccc(OCc3ccc(Br)cc3)cc2)SC1=S. The summed E-state index contributed by atoms with van der Waals surface area (Å²) >= 11 is 9.90. The van der Waals surface area contributed by atoms with Gasteiger partial charge in [-0.15, -0.1) is 0 Å². The first-order valence-electron chi connectivity index (χ1n) is 8.76. The van der Waals surface area contributed by atoms with Crippen molar-refractivity contribution in [2.45, 2.75) is 13.0 Å². The van der Waals surface area contributed by atoms with Crippen molar-refractivity contribution >= 4 is 62.2 Å². The van der Waals surface area contributed by atoms with Crippen LogP contribution in [0.1, 0.15) is 17.5 Å². The molecule has 0 bridgehead atoms. The highest BCUT2D eigenvalue weighted by atomic mass is 79.9. The number of thiocarbonyl (C=S) groups is 1. The molecular formula is C21H18BrNO4S2. The maximum Gasteiger partial charge on any atom is 0.307 e. The molecule has 1 aliphatic rings. The summed E-state index contributed by atoms with van der Waals surface area (Å²) in [6.45, 7) is 0.697. The molecule has 5 nitrogen and oxygen atoms in total. The van der Waals surface area contributed by atoms with Crippen LogP contribution in [0.15, 0.2) is 57.9 Å². The first kappa shape index (κ1) is 21.5. The van der Waals surface area contributed by atoms with Gasteiger partial charge in [0, 0.05) is 11.0 Å². The number of rotatable bonds is 7. The van der Waals surface area contributed by atoms with Gasteiger partial charge in [0.2, 0.25) is 0 Å². The average molecular weight is 492 g/mol. The Kier molecular flexibility index (Phi) is 7.46. The van der Waals surface area contributed by atoms with Crippen LogP contribution in [-0.2, 0) is 20.9 Å². The number of halogens is 1. The lowest BCUT2D eigenvalue weighted by molar-refractivity contribution is -0.140. The molecule has 0 aliphatic carbocycles. The fourth-order valence-corrected chi connectivity index (χ4v) is 4.13. The lowest BCUT2D eigenvalue weighted by Gasteiger charge is -2.12. The summed E-state index contributed by atoms with van der Waals surface area (Å²) in [5.41, 5.74) is 1.95. The Morgan fingerprint density at radius 3 is 2.52 bits per heavy atom. The minimum absolute atomic E-state index is 0.112. The van der Waals surface area contributed by atoms with Crippen molar-refractivity contribution in [3.05, 3.63) is 69.0 Å². The lowest BCUT2D eigenvalue weighted by atomic mass is 10.2. The van der Waals surface area contributed by atoms with Crippen LogP contribution in [0.25, 0.3) is 6.08 Å². The van der Waals surface area contributed by atoms with Crippen LogP contribution in [0.3, 0.4) is 0 Å². The largest absolute Gasteiger partial charge is 0.489 e. The number of methoxy groups -OCH3 is 1. The van der Waals surface area contributed by atoms with Gasteiger partial charge in [-0.1, -0.05) is 64.2 Å². The average Bonchev–Trinajstić information content (AvgIpc) is 2.99. The minimum atomic E-state index is -0.373. The van der Waals surface area contributed by atoms with Crippen LogP contribution >= 0.6 is 39.9 Å². The number of hydrogen-bond acceptors (Lipinski definition) is 6. The summed E-state index contributed by atoms with van der Waals surface area (Å²) < 4.78 is 11.9. The fraction of sp³-hybridized carbons (Fsp3) is 0.190. The van der Waals surface area contributed by atoms with E-state index in [1.54, 1.807) is 6.08 Å². The van der Waals surface area contributed by atoms with Crippen molar-refractivity contribution < 1.29 is 19.1 Å². The van der Waals surface area contributed by atoms with E-state index in [0.29, 0.717) is 15.8 Å². The number of ether oxygens (including phenoxy) is 2. The van der Waals surface area contributed by atoms with Crippen molar-refractivity contribution in [1.82, 2.24) is 4.90 Å². The molecule has 0 spiro atoms. The molecular weight excluding hydrogens is 474 g/mol. The van der Waals surface area contributed by atoms with E-state index in [1.807, 2.05) is 48.5 Å². The van der Waals surface area contributed by atoms with Gasteiger partial charge in [-0.3, -0.25) is 14.5 Å². The number of hydrogen-bond donors (Lipinski definition) is 0. The van der Waals surface area contributed by atoms with E-state index in [1.165, 1.54) is 23.8 Å². The number of nitrogens with zero attached hydrogens (tertiary/aromatic N) is 1. The zero-order valence-electron chi connectivity index (χ0n) is 15.6. The molecule has 1 amide bonds. The third-order valence-corrected chi connectivity index (χ3v) is 6.04. The van der Waals surface area contributed by atoms with Gasteiger partial charge in [0.05, 0.1) is 18.4 Å². The molecule has 0 N–H and O–H groups in total. The molecule has 0 unspecified atom stereocenters. The van der Waals surface area contributed by atoms with Gasteiger partial charge in [-0.05, 0) is 41.5 Å². The van der Waals surface area contributed by atoms with E-state index >= 15 is 0 Å². The van der Waals surface area contributed by atoms with E-state index in [4.69, 9.17) is 17.0 Å². The molecule has 1 aliphatic heterocycles. The summed E-state index contributed by atoms with van der Waals surface area (Å²) in [5, 5.41) is 0. The van der Waals surface area contributed by atoms with Gasteiger partial charge in [0.1, 0.15) is 16.7 Å². The number of benzene rings is 2. The van der Waals surface area contributed by atoms with Crippen LogP contribution < -0.4 is 4.74 Å². The predicted molar refractivity (Wildman–Crippen MR) is 121 cm³/mol. The topological polar surface area (TPSA) is 55.8 Å². The highest BCUT2D eigenvalue weighted by molar-refractivity contribution is 9.10. The van der Waals surface area contributed by atoms with Crippen LogP contribution in [0, 0.1) is 0 Å². The molecule has 1 fully saturated rings. The quantitative estimate of drug-likeness (QED) is 0.315. The third kappa shape index (κ3) is 5.91. The van der Waals surface area contributed by atoms with Crippen molar-refractivity contribution in [1.29, 1.82) is 0 Å². The molecule has 2 aromatic carbocycles. The number of thioether (sulfide) groups is 1.